The van der Waals surface area contributed by atoms with Crippen LogP contribution >= 0.6 is 22.9 Å². The minimum Gasteiger partial charge on any atom is -0.465 e. The number of hydrogen-bond donors (Lipinski definition) is 0. The first kappa shape index (κ1) is 14.6. The summed E-state index contributed by atoms with van der Waals surface area (Å²) in [6.07, 6.45) is 0. The molecule has 104 valence electrons. The highest BCUT2D eigenvalue weighted by molar-refractivity contribution is 7.12. The molecule has 0 bridgehead atoms. The van der Waals surface area contributed by atoms with E-state index in [1.165, 1.54) is 23.3 Å². The molecular weight excluding hydrogens is 298 g/mol. The molecule has 1 amide bonds. The van der Waals surface area contributed by atoms with E-state index in [1.54, 1.807) is 42.8 Å². The van der Waals surface area contributed by atoms with Crippen molar-refractivity contribution in [2.75, 3.05) is 19.1 Å². The van der Waals surface area contributed by atoms with Crippen LogP contribution in [0.5, 0.6) is 0 Å². The van der Waals surface area contributed by atoms with Gasteiger partial charge >= 0.3 is 5.97 Å². The van der Waals surface area contributed by atoms with Crippen LogP contribution in [0, 0.1) is 0 Å². The van der Waals surface area contributed by atoms with Gasteiger partial charge in [0.1, 0.15) is 4.88 Å². The van der Waals surface area contributed by atoms with Crippen LogP contribution in [0.15, 0.2) is 35.7 Å². The lowest BCUT2D eigenvalue weighted by molar-refractivity contribution is 0.0601. The van der Waals surface area contributed by atoms with Gasteiger partial charge in [-0.25, -0.2) is 4.79 Å². The number of hydrogen-bond acceptors (Lipinski definition) is 4. The van der Waals surface area contributed by atoms with Crippen LogP contribution in [0.3, 0.4) is 0 Å². The zero-order chi connectivity index (χ0) is 14.7. The molecule has 0 aliphatic rings. The van der Waals surface area contributed by atoms with Crippen molar-refractivity contribution in [3.63, 3.8) is 0 Å². The topological polar surface area (TPSA) is 46.6 Å². The Bertz CT molecular complexity index is 653. The number of carbonyl (C=O) groups is 2. The number of methoxy groups -OCH3 is 1. The quantitative estimate of drug-likeness (QED) is 0.816. The third-order valence-electron chi connectivity index (χ3n) is 2.79. The molecule has 0 N–H and O–H groups in total. The number of esters is 1. The Morgan fingerprint density at radius 1 is 1.25 bits per heavy atom. The molecule has 0 saturated heterocycles. The SMILES string of the molecule is COC(=O)c1ccccc1N(C)C(=O)c1sccc1Cl. The maximum Gasteiger partial charge on any atom is 0.339 e. The fraction of sp³-hybridized carbons (Fsp3) is 0.143. The maximum absolute atomic E-state index is 12.4. The Labute approximate surface area is 125 Å². The standard InChI is InChI=1S/C14H12ClNO3S/c1-16(13(17)12-10(15)7-8-20-12)11-6-4-3-5-9(11)14(18)19-2/h3-8H,1-2H3. The molecule has 0 aliphatic heterocycles. The Hall–Kier alpha value is -1.85. The first-order valence-corrected chi connectivity index (χ1v) is 7.00. The predicted molar refractivity (Wildman–Crippen MR) is 79.8 cm³/mol. The molecule has 0 fully saturated rings. The average Bonchev–Trinajstić information content (AvgIpc) is 2.91. The van der Waals surface area contributed by atoms with Crippen LogP contribution in [0.25, 0.3) is 0 Å². The first-order valence-electron chi connectivity index (χ1n) is 5.74. The molecule has 20 heavy (non-hydrogen) atoms. The number of thiophene rings is 1. The highest BCUT2D eigenvalue weighted by Gasteiger charge is 2.22. The summed E-state index contributed by atoms with van der Waals surface area (Å²) in [5.41, 5.74) is 0.812. The lowest BCUT2D eigenvalue weighted by atomic mass is 10.1. The molecule has 0 spiro atoms. The molecule has 6 heteroatoms. The Balaban J connectivity index is 2.39. The minimum absolute atomic E-state index is 0.263. The zero-order valence-electron chi connectivity index (χ0n) is 10.9. The van der Waals surface area contributed by atoms with Gasteiger partial charge in [-0.05, 0) is 23.6 Å². The van der Waals surface area contributed by atoms with Gasteiger partial charge in [0, 0.05) is 7.05 Å². The number of ether oxygens (including phenoxy) is 1. The summed E-state index contributed by atoms with van der Waals surface area (Å²) in [5.74, 6) is -0.751. The number of amides is 1. The van der Waals surface area contributed by atoms with Crippen LogP contribution in [-0.2, 0) is 4.74 Å². The number of carbonyl (C=O) groups excluding carboxylic acids is 2. The van der Waals surface area contributed by atoms with Gasteiger partial charge in [-0.3, -0.25) is 4.79 Å². The number of benzene rings is 1. The third kappa shape index (κ3) is 2.69. The fourth-order valence-electron chi connectivity index (χ4n) is 1.76. The number of halogens is 1. The van der Waals surface area contributed by atoms with Crippen molar-refractivity contribution in [2.45, 2.75) is 0 Å². The normalized spacial score (nSPS) is 10.2. The molecular formula is C14H12ClNO3S. The minimum atomic E-state index is -0.488. The number of para-hydroxylation sites is 1. The van der Waals surface area contributed by atoms with E-state index < -0.39 is 5.97 Å². The second kappa shape index (κ2) is 6.07. The molecule has 1 aromatic heterocycles. The van der Waals surface area contributed by atoms with E-state index in [0.717, 1.165) is 0 Å². The molecule has 1 aromatic carbocycles. The molecule has 0 saturated carbocycles. The molecule has 1 heterocycles. The molecule has 2 aromatic rings. The molecule has 0 atom stereocenters. The van der Waals surface area contributed by atoms with Crippen molar-refractivity contribution < 1.29 is 14.3 Å². The van der Waals surface area contributed by atoms with Crippen molar-refractivity contribution in [1.82, 2.24) is 0 Å². The largest absolute Gasteiger partial charge is 0.465 e. The van der Waals surface area contributed by atoms with Gasteiger partial charge in [-0.15, -0.1) is 11.3 Å². The van der Waals surface area contributed by atoms with E-state index in [9.17, 15) is 9.59 Å². The van der Waals surface area contributed by atoms with Crippen LogP contribution < -0.4 is 4.90 Å². The summed E-state index contributed by atoms with van der Waals surface area (Å²) in [4.78, 5) is 26.0. The van der Waals surface area contributed by atoms with Gasteiger partial charge in [0.05, 0.1) is 23.4 Å². The first-order chi connectivity index (χ1) is 9.56. The van der Waals surface area contributed by atoms with E-state index in [2.05, 4.69) is 0 Å². The van der Waals surface area contributed by atoms with Crippen molar-refractivity contribution in [3.05, 3.63) is 51.2 Å². The second-order valence-electron chi connectivity index (χ2n) is 3.97. The summed E-state index contributed by atoms with van der Waals surface area (Å²) in [5, 5.41) is 2.15. The average molecular weight is 310 g/mol. The number of nitrogens with zero attached hydrogens (tertiary/aromatic N) is 1. The summed E-state index contributed by atoms with van der Waals surface area (Å²) in [6.45, 7) is 0. The molecule has 0 radical (unpaired) electrons. The smallest absolute Gasteiger partial charge is 0.339 e. The van der Waals surface area contributed by atoms with Gasteiger partial charge in [-0.1, -0.05) is 23.7 Å². The van der Waals surface area contributed by atoms with Crippen LogP contribution in [0.1, 0.15) is 20.0 Å². The maximum atomic E-state index is 12.4. The molecule has 4 nitrogen and oxygen atoms in total. The second-order valence-corrected chi connectivity index (χ2v) is 5.29. The van der Waals surface area contributed by atoms with Gasteiger partial charge in [-0.2, -0.15) is 0 Å². The monoisotopic (exact) mass is 309 g/mol. The summed E-state index contributed by atoms with van der Waals surface area (Å²) in [7, 11) is 2.90. The lowest BCUT2D eigenvalue weighted by Gasteiger charge is -2.19. The van der Waals surface area contributed by atoms with Gasteiger partial charge in [0.15, 0.2) is 0 Å². The summed E-state index contributed by atoms with van der Waals surface area (Å²) < 4.78 is 4.72. The predicted octanol–water partition coefficient (Wildman–Crippen LogP) is 3.46. The zero-order valence-corrected chi connectivity index (χ0v) is 12.5. The number of rotatable bonds is 3. The fourth-order valence-corrected chi connectivity index (χ4v) is 2.87. The Kier molecular flexibility index (Phi) is 4.42. The highest BCUT2D eigenvalue weighted by atomic mass is 35.5. The van der Waals surface area contributed by atoms with E-state index in [4.69, 9.17) is 16.3 Å². The van der Waals surface area contributed by atoms with Gasteiger partial charge in [0.25, 0.3) is 5.91 Å². The van der Waals surface area contributed by atoms with E-state index in [-0.39, 0.29) is 5.91 Å². The Morgan fingerprint density at radius 2 is 1.95 bits per heavy atom. The lowest BCUT2D eigenvalue weighted by Crippen LogP contribution is -2.27. The van der Waals surface area contributed by atoms with Crippen molar-refractivity contribution in [3.8, 4) is 0 Å². The van der Waals surface area contributed by atoms with Crippen LogP contribution in [0.2, 0.25) is 5.02 Å². The van der Waals surface area contributed by atoms with E-state index >= 15 is 0 Å². The van der Waals surface area contributed by atoms with Gasteiger partial charge < -0.3 is 9.64 Å². The van der Waals surface area contributed by atoms with Crippen LogP contribution in [0.4, 0.5) is 5.69 Å². The van der Waals surface area contributed by atoms with Gasteiger partial charge in [0.2, 0.25) is 0 Å². The Morgan fingerprint density at radius 3 is 2.55 bits per heavy atom. The third-order valence-corrected chi connectivity index (χ3v) is 4.12. The molecule has 2 rings (SSSR count). The van der Waals surface area contributed by atoms with Crippen molar-refractivity contribution in [2.24, 2.45) is 0 Å². The van der Waals surface area contributed by atoms with Crippen molar-refractivity contribution in [1.29, 1.82) is 0 Å². The molecule has 0 aliphatic carbocycles. The summed E-state index contributed by atoms with van der Waals surface area (Å²) >= 11 is 7.23. The van der Waals surface area contributed by atoms with Crippen molar-refractivity contribution >= 4 is 40.5 Å². The van der Waals surface area contributed by atoms with E-state index in [1.807, 2.05) is 0 Å². The highest BCUT2D eigenvalue weighted by Crippen LogP contribution is 2.27. The van der Waals surface area contributed by atoms with E-state index in [0.29, 0.717) is 21.2 Å². The van der Waals surface area contributed by atoms with Crippen LogP contribution in [-0.4, -0.2) is 26.0 Å². The number of anilines is 1. The summed E-state index contributed by atoms with van der Waals surface area (Å²) in [6, 6.07) is 8.43. The molecule has 0 unspecified atom stereocenters.